The molecule has 0 aliphatic rings. The van der Waals surface area contributed by atoms with Crippen LogP contribution in [0.15, 0.2) is 46.9 Å². The van der Waals surface area contributed by atoms with Crippen molar-refractivity contribution in [3.05, 3.63) is 58.3 Å². The van der Waals surface area contributed by atoms with E-state index in [1.807, 2.05) is 22.9 Å². The van der Waals surface area contributed by atoms with Gasteiger partial charge in [-0.05, 0) is 42.6 Å². The summed E-state index contributed by atoms with van der Waals surface area (Å²) in [6, 6.07) is 9.78. The molecule has 2 aromatic heterocycles. The Labute approximate surface area is 153 Å². The number of rotatable bonds is 7. The summed E-state index contributed by atoms with van der Waals surface area (Å²) in [4.78, 5) is 13.3. The Kier molecular flexibility index (Phi) is 5.83. The molecule has 8 heteroatoms. The van der Waals surface area contributed by atoms with Crippen LogP contribution in [0.1, 0.15) is 17.6 Å². The fourth-order valence-corrected chi connectivity index (χ4v) is 3.83. The van der Waals surface area contributed by atoms with Crippen LogP contribution in [-0.2, 0) is 17.8 Å². The molecule has 0 radical (unpaired) electrons. The number of hydrogen-bond donors (Lipinski definition) is 1. The van der Waals surface area contributed by atoms with Crippen LogP contribution in [0, 0.1) is 5.82 Å². The first-order valence-corrected chi connectivity index (χ1v) is 9.65. The molecule has 0 bridgehead atoms. The predicted octanol–water partition coefficient (Wildman–Crippen LogP) is 3.82. The largest absolute Gasteiger partial charge is 0.325 e. The molecular formula is C17H17FN4OS2. The van der Waals surface area contributed by atoms with E-state index in [0.717, 1.165) is 23.9 Å². The normalized spacial score (nSPS) is 10.8. The van der Waals surface area contributed by atoms with Crippen molar-refractivity contribution in [2.24, 2.45) is 0 Å². The number of thiophene rings is 1. The second-order valence-corrected chi connectivity index (χ2v) is 7.22. The van der Waals surface area contributed by atoms with Crippen molar-refractivity contribution >= 4 is 34.7 Å². The molecule has 1 N–H and O–H groups in total. The molecule has 1 amide bonds. The van der Waals surface area contributed by atoms with E-state index in [4.69, 9.17) is 0 Å². The summed E-state index contributed by atoms with van der Waals surface area (Å²) in [6.07, 6.45) is 0.737. The maximum Gasteiger partial charge on any atom is 0.234 e. The first-order valence-electron chi connectivity index (χ1n) is 7.78. The molecule has 3 aromatic rings. The minimum atomic E-state index is -0.332. The fraction of sp³-hybridized carbons (Fsp3) is 0.235. The Bertz CT molecular complexity index is 831. The first-order chi connectivity index (χ1) is 12.2. The van der Waals surface area contributed by atoms with Gasteiger partial charge in [0.05, 0.1) is 5.75 Å². The first kappa shape index (κ1) is 17.6. The highest BCUT2D eigenvalue weighted by Gasteiger charge is 2.14. The Morgan fingerprint density at radius 3 is 2.76 bits per heavy atom. The van der Waals surface area contributed by atoms with E-state index in [2.05, 4.69) is 21.6 Å². The highest BCUT2D eigenvalue weighted by atomic mass is 32.2. The van der Waals surface area contributed by atoms with Gasteiger partial charge >= 0.3 is 0 Å². The number of anilines is 1. The summed E-state index contributed by atoms with van der Waals surface area (Å²) in [7, 11) is 0. The van der Waals surface area contributed by atoms with Crippen LogP contribution in [0.5, 0.6) is 0 Å². The number of aromatic nitrogens is 3. The topological polar surface area (TPSA) is 59.8 Å². The van der Waals surface area contributed by atoms with Gasteiger partial charge in [0.25, 0.3) is 0 Å². The molecular weight excluding hydrogens is 359 g/mol. The Morgan fingerprint density at radius 2 is 2.08 bits per heavy atom. The van der Waals surface area contributed by atoms with Crippen LogP contribution in [0.25, 0.3) is 0 Å². The third kappa shape index (κ3) is 4.67. The van der Waals surface area contributed by atoms with Crippen molar-refractivity contribution in [1.82, 2.24) is 14.8 Å². The van der Waals surface area contributed by atoms with Gasteiger partial charge in [0.2, 0.25) is 5.91 Å². The minimum Gasteiger partial charge on any atom is -0.325 e. The summed E-state index contributed by atoms with van der Waals surface area (Å²) < 4.78 is 14.9. The van der Waals surface area contributed by atoms with Gasteiger partial charge in [0.1, 0.15) is 11.6 Å². The lowest BCUT2D eigenvalue weighted by atomic mass is 10.3. The van der Waals surface area contributed by atoms with Crippen molar-refractivity contribution in [1.29, 1.82) is 0 Å². The summed E-state index contributed by atoms with van der Waals surface area (Å²) in [5.74, 6) is 0.615. The van der Waals surface area contributed by atoms with Gasteiger partial charge in [-0.15, -0.1) is 21.5 Å². The molecule has 130 valence electrons. The van der Waals surface area contributed by atoms with Crippen molar-refractivity contribution < 1.29 is 9.18 Å². The standard InChI is InChI=1S/C17H17FN4OS2/c1-2-22-15(10-14-4-3-9-24-14)20-21-17(22)25-11-16(23)19-13-7-5-12(18)6-8-13/h3-9H,2,10-11H2,1H3,(H,19,23). The van der Waals surface area contributed by atoms with Crippen LogP contribution < -0.4 is 5.32 Å². The number of carbonyl (C=O) groups excluding carboxylic acids is 1. The van der Waals surface area contributed by atoms with Crippen molar-refractivity contribution in [3.8, 4) is 0 Å². The number of nitrogens with one attached hydrogen (secondary N) is 1. The molecule has 3 rings (SSSR count). The zero-order valence-electron chi connectivity index (χ0n) is 13.6. The molecule has 0 atom stereocenters. The molecule has 5 nitrogen and oxygen atoms in total. The number of carbonyl (C=O) groups is 1. The van der Waals surface area contributed by atoms with E-state index >= 15 is 0 Å². The third-order valence-corrected chi connectivity index (χ3v) is 5.33. The highest BCUT2D eigenvalue weighted by molar-refractivity contribution is 7.99. The van der Waals surface area contributed by atoms with Gasteiger partial charge in [-0.25, -0.2) is 4.39 Å². The SMILES string of the molecule is CCn1c(Cc2cccs2)nnc1SCC(=O)Nc1ccc(F)cc1. The van der Waals surface area contributed by atoms with Gasteiger partial charge in [-0.3, -0.25) is 4.79 Å². The summed E-state index contributed by atoms with van der Waals surface area (Å²) >= 11 is 3.03. The van der Waals surface area contributed by atoms with E-state index < -0.39 is 0 Å². The van der Waals surface area contributed by atoms with Gasteiger partial charge in [0.15, 0.2) is 5.16 Å². The number of amides is 1. The average Bonchev–Trinajstić information content (AvgIpc) is 3.25. The van der Waals surface area contributed by atoms with Gasteiger partial charge < -0.3 is 9.88 Å². The van der Waals surface area contributed by atoms with Crippen molar-refractivity contribution in [2.45, 2.75) is 25.0 Å². The third-order valence-electron chi connectivity index (χ3n) is 3.48. The van der Waals surface area contributed by atoms with E-state index in [1.165, 1.54) is 40.9 Å². The Balaban J connectivity index is 1.59. The molecule has 0 fully saturated rings. The number of thioether (sulfide) groups is 1. The second-order valence-electron chi connectivity index (χ2n) is 5.24. The van der Waals surface area contributed by atoms with Crippen LogP contribution in [-0.4, -0.2) is 26.4 Å². The highest BCUT2D eigenvalue weighted by Crippen LogP contribution is 2.20. The smallest absolute Gasteiger partial charge is 0.234 e. The molecule has 0 saturated carbocycles. The molecule has 0 spiro atoms. The predicted molar refractivity (Wildman–Crippen MR) is 98.6 cm³/mol. The van der Waals surface area contributed by atoms with Crippen molar-refractivity contribution in [3.63, 3.8) is 0 Å². The Morgan fingerprint density at radius 1 is 1.28 bits per heavy atom. The quantitative estimate of drug-likeness (QED) is 0.637. The minimum absolute atomic E-state index is 0.165. The lowest BCUT2D eigenvalue weighted by Crippen LogP contribution is -2.14. The van der Waals surface area contributed by atoms with Crippen molar-refractivity contribution in [2.75, 3.05) is 11.1 Å². The van der Waals surface area contributed by atoms with Crippen LogP contribution in [0.2, 0.25) is 0 Å². The summed E-state index contributed by atoms with van der Waals surface area (Å²) in [5, 5.41) is 14.0. The lowest BCUT2D eigenvalue weighted by molar-refractivity contribution is -0.113. The molecule has 0 aliphatic heterocycles. The maximum atomic E-state index is 12.9. The summed E-state index contributed by atoms with van der Waals surface area (Å²) in [6.45, 7) is 2.78. The van der Waals surface area contributed by atoms with E-state index in [9.17, 15) is 9.18 Å². The fourth-order valence-electron chi connectivity index (χ4n) is 2.30. The lowest BCUT2D eigenvalue weighted by Gasteiger charge is -2.07. The molecule has 2 heterocycles. The molecule has 0 saturated heterocycles. The number of benzene rings is 1. The van der Waals surface area contributed by atoms with Gasteiger partial charge in [0, 0.05) is 23.5 Å². The van der Waals surface area contributed by atoms with Crippen LogP contribution in [0.4, 0.5) is 10.1 Å². The van der Waals surface area contributed by atoms with Gasteiger partial charge in [-0.1, -0.05) is 17.8 Å². The molecule has 0 unspecified atom stereocenters. The zero-order valence-corrected chi connectivity index (χ0v) is 15.2. The summed E-state index contributed by atoms with van der Waals surface area (Å²) in [5.41, 5.74) is 0.572. The molecule has 0 aliphatic carbocycles. The zero-order chi connectivity index (χ0) is 17.6. The number of nitrogens with zero attached hydrogens (tertiary/aromatic N) is 3. The molecule has 25 heavy (non-hydrogen) atoms. The molecule has 1 aromatic carbocycles. The van der Waals surface area contributed by atoms with E-state index in [0.29, 0.717) is 5.69 Å². The maximum absolute atomic E-state index is 12.9. The van der Waals surface area contributed by atoms with Crippen LogP contribution >= 0.6 is 23.1 Å². The number of hydrogen-bond acceptors (Lipinski definition) is 5. The average molecular weight is 376 g/mol. The Hall–Kier alpha value is -2.19. The van der Waals surface area contributed by atoms with E-state index in [-0.39, 0.29) is 17.5 Å². The van der Waals surface area contributed by atoms with Crippen LogP contribution in [0.3, 0.4) is 0 Å². The second kappa shape index (κ2) is 8.26. The van der Waals surface area contributed by atoms with Gasteiger partial charge in [-0.2, -0.15) is 0 Å². The van der Waals surface area contributed by atoms with E-state index in [1.54, 1.807) is 11.3 Å². The number of halogens is 1. The monoisotopic (exact) mass is 376 g/mol.